The topological polar surface area (TPSA) is 3.24 Å². The van der Waals surface area contributed by atoms with Crippen molar-refractivity contribution in [1.82, 2.24) is 0 Å². The Balaban J connectivity index is 1.10. The fraction of sp³-hybridized carbons (Fsp3) is 0.127. The zero-order valence-corrected chi connectivity index (χ0v) is 33.6. The van der Waals surface area contributed by atoms with E-state index in [2.05, 4.69) is 221 Å². The molecule has 0 bridgehead atoms. The molecule has 0 aromatic heterocycles. The van der Waals surface area contributed by atoms with Gasteiger partial charge in [-0.1, -0.05) is 185 Å². The number of anilines is 3. The number of hydrogen-bond donors (Lipinski definition) is 0. The summed E-state index contributed by atoms with van der Waals surface area (Å²) < 4.78 is 0. The highest BCUT2D eigenvalue weighted by Crippen LogP contribution is 2.57. The van der Waals surface area contributed by atoms with Gasteiger partial charge in [0.1, 0.15) is 0 Å². The summed E-state index contributed by atoms with van der Waals surface area (Å²) in [7, 11) is 0. The summed E-state index contributed by atoms with van der Waals surface area (Å²) in [6.07, 6.45) is 0. The van der Waals surface area contributed by atoms with Crippen molar-refractivity contribution in [3.63, 3.8) is 0 Å². The molecule has 2 aliphatic carbocycles. The van der Waals surface area contributed by atoms with Gasteiger partial charge < -0.3 is 4.90 Å². The van der Waals surface area contributed by atoms with Crippen molar-refractivity contribution in [1.29, 1.82) is 0 Å². The molecule has 3 aliphatic rings. The molecule has 8 aromatic rings. The lowest BCUT2D eigenvalue weighted by molar-refractivity contribution is 0.607. The third kappa shape index (κ3) is 4.84. The monoisotopic (exact) mass is 749 g/mol. The molecule has 0 amide bonds. The van der Waals surface area contributed by atoms with E-state index >= 15 is 0 Å². The van der Waals surface area contributed by atoms with Crippen molar-refractivity contribution in [3.05, 3.63) is 233 Å². The summed E-state index contributed by atoms with van der Waals surface area (Å²) in [5.74, 6) is 0. The van der Waals surface area contributed by atoms with Crippen LogP contribution in [0.1, 0.15) is 72.2 Å². The van der Waals surface area contributed by atoms with Crippen LogP contribution in [0.3, 0.4) is 0 Å². The van der Waals surface area contributed by atoms with Gasteiger partial charge in [0, 0.05) is 37.7 Å². The van der Waals surface area contributed by atoms with Gasteiger partial charge in [-0.2, -0.15) is 0 Å². The second-order valence-electron chi connectivity index (χ2n) is 16.9. The van der Waals surface area contributed by atoms with Crippen LogP contribution in [0.2, 0.25) is 0 Å². The molecule has 0 radical (unpaired) electrons. The Bertz CT molecular complexity index is 2840. The van der Waals surface area contributed by atoms with Gasteiger partial charge in [-0.05, 0) is 109 Å². The molecular weight excluding hydrogens is 707 g/mol. The van der Waals surface area contributed by atoms with Crippen LogP contribution in [-0.4, -0.2) is 0 Å². The first-order chi connectivity index (χ1) is 27.8. The van der Waals surface area contributed by atoms with E-state index in [1.807, 2.05) is 11.8 Å². The number of nitrogens with zero attached hydrogens (tertiary/aromatic N) is 1. The van der Waals surface area contributed by atoms with Crippen molar-refractivity contribution in [2.24, 2.45) is 0 Å². The molecular formula is C55H43NS. The molecule has 0 unspecified atom stereocenters. The fourth-order valence-corrected chi connectivity index (χ4v) is 11.9. The first-order valence-corrected chi connectivity index (χ1v) is 20.9. The average Bonchev–Trinajstić information content (AvgIpc) is 3.67. The van der Waals surface area contributed by atoms with E-state index in [1.54, 1.807) is 0 Å². The van der Waals surface area contributed by atoms with Crippen molar-refractivity contribution in [2.45, 2.75) is 53.7 Å². The summed E-state index contributed by atoms with van der Waals surface area (Å²) in [5.41, 5.74) is 18.8. The molecule has 0 N–H and O–H groups in total. The normalized spacial score (nSPS) is 15.7. The van der Waals surface area contributed by atoms with E-state index in [0.29, 0.717) is 0 Å². The smallest absolute Gasteiger partial charge is 0.0713 e. The van der Waals surface area contributed by atoms with Crippen LogP contribution in [0, 0.1) is 0 Å². The summed E-state index contributed by atoms with van der Waals surface area (Å²) in [5, 5.41) is 0. The zero-order chi connectivity index (χ0) is 38.5. The molecule has 0 spiro atoms. The first kappa shape index (κ1) is 34.2. The van der Waals surface area contributed by atoms with E-state index in [0.717, 1.165) is 17.1 Å². The van der Waals surface area contributed by atoms with Crippen molar-refractivity contribution in [2.75, 3.05) is 4.90 Å². The Hall–Kier alpha value is -6.09. The van der Waals surface area contributed by atoms with Crippen molar-refractivity contribution >= 4 is 28.8 Å². The van der Waals surface area contributed by atoms with Gasteiger partial charge in [0.2, 0.25) is 0 Å². The van der Waals surface area contributed by atoms with E-state index in [4.69, 9.17) is 0 Å². The van der Waals surface area contributed by atoms with E-state index in [1.165, 1.54) is 76.6 Å². The highest BCUT2D eigenvalue weighted by molar-refractivity contribution is 7.99. The predicted octanol–water partition coefficient (Wildman–Crippen LogP) is 14.6. The Morgan fingerprint density at radius 2 is 0.789 bits per heavy atom. The maximum atomic E-state index is 2.48. The fourth-order valence-electron chi connectivity index (χ4n) is 10.4. The largest absolute Gasteiger partial charge is 0.310 e. The van der Waals surface area contributed by atoms with Crippen LogP contribution in [0.4, 0.5) is 17.1 Å². The lowest BCUT2D eigenvalue weighted by atomic mass is 9.68. The number of hydrogen-bond acceptors (Lipinski definition) is 2. The molecule has 0 atom stereocenters. The minimum atomic E-state index is -0.442. The quantitative estimate of drug-likeness (QED) is 0.172. The third-order valence-electron chi connectivity index (χ3n) is 13.2. The second-order valence-corrected chi connectivity index (χ2v) is 18.0. The molecule has 274 valence electrons. The Morgan fingerprint density at radius 1 is 0.333 bits per heavy atom. The highest BCUT2D eigenvalue weighted by atomic mass is 32.2. The molecule has 0 saturated carbocycles. The van der Waals surface area contributed by atoms with Gasteiger partial charge in [0.25, 0.3) is 0 Å². The minimum absolute atomic E-state index is 0.0921. The Kier molecular flexibility index (Phi) is 7.47. The standard InChI is InChI=1S/C55H43NS/c1-53(2)45-21-11-8-18-41(45)44-32-30-39(34-50(44)53)56(40-31-33-49-52(35-40)57-51-25-15-14-24-48(51)54(49,3)4)38-28-26-37(27-29-38)55(36-16-6-5-7-17-36)46-22-12-9-19-42(46)43-20-10-13-23-47(43)55/h5-35H,1-4H3. The van der Waals surface area contributed by atoms with Crippen molar-refractivity contribution in [3.8, 4) is 22.3 Å². The lowest BCUT2D eigenvalue weighted by Gasteiger charge is -2.36. The van der Waals surface area contributed by atoms with Gasteiger partial charge >= 0.3 is 0 Å². The number of fused-ring (bicyclic) bond motifs is 8. The second kappa shape index (κ2) is 12.5. The highest BCUT2D eigenvalue weighted by Gasteiger charge is 2.46. The van der Waals surface area contributed by atoms with Gasteiger partial charge in [-0.3, -0.25) is 0 Å². The van der Waals surface area contributed by atoms with Crippen LogP contribution in [0.25, 0.3) is 22.3 Å². The summed E-state index contributed by atoms with van der Waals surface area (Å²) in [4.78, 5) is 5.13. The maximum Gasteiger partial charge on any atom is 0.0713 e. The molecule has 1 heterocycles. The molecule has 0 fully saturated rings. The van der Waals surface area contributed by atoms with E-state index in [9.17, 15) is 0 Å². The van der Waals surface area contributed by atoms with Gasteiger partial charge in [0.05, 0.1) is 5.41 Å². The van der Waals surface area contributed by atoms with E-state index < -0.39 is 5.41 Å². The Labute approximate surface area is 340 Å². The van der Waals surface area contributed by atoms with Gasteiger partial charge in [-0.15, -0.1) is 0 Å². The first-order valence-electron chi connectivity index (χ1n) is 20.1. The average molecular weight is 750 g/mol. The van der Waals surface area contributed by atoms with Gasteiger partial charge in [0.15, 0.2) is 0 Å². The molecule has 1 aliphatic heterocycles. The lowest BCUT2D eigenvalue weighted by Crippen LogP contribution is -2.28. The molecule has 0 saturated heterocycles. The summed E-state index contributed by atoms with van der Waals surface area (Å²) in [6.45, 7) is 9.47. The van der Waals surface area contributed by atoms with Crippen LogP contribution in [0.15, 0.2) is 198 Å². The number of rotatable bonds is 5. The predicted molar refractivity (Wildman–Crippen MR) is 239 cm³/mol. The molecule has 57 heavy (non-hydrogen) atoms. The molecule has 11 rings (SSSR count). The van der Waals surface area contributed by atoms with Crippen LogP contribution >= 0.6 is 11.8 Å². The number of benzene rings is 8. The molecule has 1 nitrogen and oxygen atoms in total. The minimum Gasteiger partial charge on any atom is -0.310 e. The van der Waals surface area contributed by atoms with Crippen LogP contribution in [0.5, 0.6) is 0 Å². The van der Waals surface area contributed by atoms with Crippen LogP contribution < -0.4 is 4.90 Å². The molecule has 8 aromatic carbocycles. The zero-order valence-electron chi connectivity index (χ0n) is 32.8. The van der Waals surface area contributed by atoms with Crippen molar-refractivity contribution < 1.29 is 0 Å². The summed E-state index contributed by atoms with van der Waals surface area (Å²) >= 11 is 1.89. The summed E-state index contributed by atoms with van der Waals surface area (Å²) in [6, 6.07) is 70.6. The maximum absolute atomic E-state index is 2.48. The third-order valence-corrected chi connectivity index (χ3v) is 14.4. The van der Waals surface area contributed by atoms with Gasteiger partial charge in [-0.25, -0.2) is 0 Å². The Morgan fingerprint density at radius 3 is 1.47 bits per heavy atom. The molecule has 2 heteroatoms. The van der Waals surface area contributed by atoms with Crippen LogP contribution in [-0.2, 0) is 16.2 Å². The van der Waals surface area contributed by atoms with E-state index in [-0.39, 0.29) is 10.8 Å². The SMILES string of the molecule is CC1(C)c2ccccc2Sc2cc(N(c3ccc(C4(c5ccccc5)c5ccccc5-c5ccccc54)cc3)c3ccc4c(c3)C(C)(C)c3ccccc3-4)ccc21.